The molecule has 0 radical (unpaired) electrons. The van der Waals surface area contributed by atoms with Gasteiger partial charge in [-0.15, -0.1) is 0 Å². The number of anilines is 1. The van der Waals surface area contributed by atoms with E-state index in [1.807, 2.05) is 6.07 Å². The van der Waals surface area contributed by atoms with Crippen LogP contribution in [0.2, 0.25) is 0 Å². The maximum absolute atomic E-state index is 12.0. The van der Waals surface area contributed by atoms with Gasteiger partial charge in [-0.2, -0.15) is 0 Å². The van der Waals surface area contributed by atoms with E-state index in [9.17, 15) is 14.4 Å². The van der Waals surface area contributed by atoms with Gasteiger partial charge in [-0.25, -0.2) is 4.79 Å². The molecule has 1 aliphatic heterocycles. The van der Waals surface area contributed by atoms with Crippen LogP contribution in [0.3, 0.4) is 0 Å². The highest BCUT2D eigenvalue weighted by Crippen LogP contribution is 2.40. The van der Waals surface area contributed by atoms with Crippen LogP contribution in [0.4, 0.5) is 10.5 Å². The number of benzene rings is 1. The van der Waals surface area contributed by atoms with Crippen molar-refractivity contribution >= 4 is 23.5 Å². The van der Waals surface area contributed by atoms with Crippen LogP contribution in [0.25, 0.3) is 0 Å². The molecule has 19 heavy (non-hydrogen) atoms. The van der Waals surface area contributed by atoms with Gasteiger partial charge in [-0.1, -0.05) is 6.07 Å². The monoisotopic (exact) mass is 259 g/mol. The number of carbonyl (C=O) groups is 3. The summed E-state index contributed by atoms with van der Waals surface area (Å²) < 4.78 is 0. The lowest BCUT2D eigenvalue weighted by Crippen LogP contribution is -2.41. The highest BCUT2D eigenvalue weighted by molar-refractivity contribution is 6.08. The fraction of sp³-hybridized carbons (Fsp3) is 0.308. The van der Waals surface area contributed by atoms with Gasteiger partial charge in [0.1, 0.15) is 5.54 Å². The van der Waals surface area contributed by atoms with Crippen molar-refractivity contribution in [3.63, 3.8) is 0 Å². The number of nitrogens with one attached hydrogen (secondary N) is 3. The van der Waals surface area contributed by atoms with E-state index in [-0.39, 0.29) is 11.8 Å². The van der Waals surface area contributed by atoms with Crippen molar-refractivity contribution in [2.45, 2.75) is 25.3 Å². The molecule has 1 heterocycles. The first-order valence-electron chi connectivity index (χ1n) is 6.06. The fourth-order valence-corrected chi connectivity index (χ4v) is 2.81. The Bertz CT molecular complexity index is 611. The number of hydrogen-bond donors (Lipinski definition) is 3. The van der Waals surface area contributed by atoms with Crippen molar-refractivity contribution in [1.29, 1.82) is 0 Å². The minimum atomic E-state index is -0.929. The number of fused-ring (bicyclic) bond motifs is 2. The molecule has 3 N–H and O–H groups in total. The van der Waals surface area contributed by atoms with Gasteiger partial charge in [0.2, 0.25) is 5.91 Å². The molecular formula is C13H13N3O3. The third-order valence-electron chi connectivity index (χ3n) is 3.60. The Morgan fingerprint density at radius 3 is 2.79 bits per heavy atom. The Morgan fingerprint density at radius 2 is 2.16 bits per heavy atom. The lowest BCUT2D eigenvalue weighted by molar-refractivity contribution is -0.124. The molecule has 6 nitrogen and oxygen atoms in total. The molecule has 1 saturated heterocycles. The standard InChI is InChI=1S/C13H13N3O3/c1-7(17)14-9-2-3-10-8(6-9)4-5-13(10)11(18)15-12(19)16-13/h2-3,6H,4-5H2,1H3,(H,14,17)(H2,15,16,18,19)/t13-/m1/s1. The summed E-state index contributed by atoms with van der Waals surface area (Å²) in [6.45, 7) is 1.44. The fourth-order valence-electron chi connectivity index (χ4n) is 2.81. The Morgan fingerprint density at radius 1 is 1.37 bits per heavy atom. The van der Waals surface area contributed by atoms with Crippen LogP contribution in [-0.4, -0.2) is 17.8 Å². The van der Waals surface area contributed by atoms with E-state index in [1.54, 1.807) is 12.1 Å². The molecule has 1 fully saturated rings. The molecule has 4 amide bonds. The molecule has 0 aromatic heterocycles. The third-order valence-corrected chi connectivity index (χ3v) is 3.60. The average molecular weight is 259 g/mol. The van der Waals surface area contributed by atoms with Gasteiger partial charge >= 0.3 is 6.03 Å². The summed E-state index contributed by atoms with van der Waals surface area (Å²) in [6.07, 6.45) is 1.24. The third kappa shape index (κ3) is 1.68. The van der Waals surface area contributed by atoms with Crippen molar-refractivity contribution in [2.75, 3.05) is 5.32 Å². The quantitative estimate of drug-likeness (QED) is 0.646. The molecule has 0 saturated carbocycles. The lowest BCUT2D eigenvalue weighted by atomic mass is 9.92. The maximum Gasteiger partial charge on any atom is 0.322 e. The summed E-state index contributed by atoms with van der Waals surface area (Å²) in [4.78, 5) is 34.3. The molecule has 1 aliphatic carbocycles. The van der Waals surface area contributed by atoms with Crippen LogP contribution in [0.5, 0.6) is 0 Å². The van der Waals surface area contributed by atoms with Crippen LogP contribution < -0.4 is 16.0 Å². The van der Waals surface area contributed by atoms with E-state index >= 15 is 0 Å². The molecule has 3 rings (SSSR count). The highest BCUT2D eigenvalue weighted by Gasteiger charge is 2.51. The van der Waals surface area contributed by atoms with Gasteiger partial charge in [0.25, 0.3) is 5.91 Å². The van der Waals surface area contributed by atoms with Gasteiger partial charge in [0, 0.05) is 12.6 Å². The van der Waals surface area contributed by atoms with Gasteiger partial charge in [-0.05, 0) is 36.1 Å². The molecule has 1 spiro atoms. The van der Waals surface area contributed by atoms with Crippen LogP contribution in [0.1, 0.15) is 24.5 Å². The maximum atomic E-state index is 12.0. The van der Waals surface area contributed by atoms with E-state index in [2.05, 4.69) is 16.0 Å². The molecule has 1 aromatic carbocycles. The lowest BCUT2D eigenvalue weighted by Gasteiger charge is -2.21. The Balaban J connectivity index is 2.00. The second-order valence-corrected chi connectivity index (χ2v) is 4.87. The smallest absolute Gasteiger partial charge is 0.322 e. The Kier molecular flexibility index (Phi) is 2.35. The van der Waals surface area contributed by atoms with E-state index in [1.165, 1.54) is 6.92 Å². The minimum Gasteiger partial charge on any atom is -0.326 e. The number of imide groups is 1. The van der Waals surface area contributed by atoms with Crippen LogP contribution >= 0.6 is 0 Å². The van der Waals surface area contributed by atoms with Gasteiger partial charge in [0.05, 0.1) is 0 Å². The SMILES string of the molecule is CC(=O)Nc1ccc2c(c1)CC[C@@]21NC(=O)NC1=O. The summed E-state index contributed by atoms with van der Waals surface area (Å²) >= 11 is 0. The molecule has 98 valence electrons. The Hall–Kier alpha value is -2.37. The van der Waals surface area contributed by atoms with Crippen molar-refractivity contribution in [3.05, 3.63) is 29.3 Å². The molecule has 2 aliphatic rings. The van der Waals surface area contributed by atoms with Crippen molar-refractivity contribution in [3.8, 4) is 0 Å². The largest absolute Gasteiger partial charge is 0.326 e. The zero-order valence-electron chi connectivity index (χ0n) is 10.4. The molecule has 1 aromatic rings. The molecule has 0 bridgehead atoms. The first-order valence-corrected chi connectivity index (χ1v) is 6.06. The second kappa shape index (κ2) is 3.81. The second-order valence-electron chi connectivity index (χ2n) is 4.87. The number of amides is 4. The molecule has 1 atom stereocenters. The minimum absolute atomic E-state index is 0.139. The van der Waals surface area contributed by atoms with Crippen molar-refractivity contribution in [1.82, 2.24) is 10.6 Å². The molecule has 0 unspecified atom stereocenters. The number of aryl methyl sites for hydroxylation is 1. The van der Waals surface area contributed by atoms with Gasteiger partial charge < -0.3 is 10.6 Å². The normalized spacial score (nSPS) is 24.1. The summed E-state index contributed by atoms with van der Waals surface area (Å²) in [6, 6.07) is 4.93. The van der Waals surface area contributed by atoms with E-state index in [0.717, 1.165) is 11.1 Å². The zero-order chi connectivity index (χ0) is 13.6. The summed E-state index contributed by atoms with van der Waals surface area (Å²) in [5.74, 6) is -0.442. The molecular weight excluding hydrogens is 246 g/mol. The first-order chi connectivity index (χ1) is 9.01. The number of rotatable bonds is 1. The van der Waals surface area contributed by atoms with Crippen LogP contribution in [0.15, 0.2) is 18.2 Å². The van der Waals surface area contributed by atoms with Crippen molar-refractivity contribution < 1.29 is 14.4 Å². The van der Waals surface area contributed by atoms with Gasteiger partial charge in [-0.3, -0.25) is 14.9 Å². The summed E-state index contributed by atoms with van der Waals surface area (Å²) in [7, 11) is 0. The van der Waals surface area contributed by atoms with E-state index in [0.29, 0.717) is 18.5 Å². The van der Waals surface area contributed by atoms with Gasteiger partial charge in [0.15, 0.2) is 0 Å². The van der Waals surface area contributed by atoms with E-state index < -0.39 is 11.6 Å². The van der Waals surface area contributed by atoms with Crippen molar-refractivity contribution in [2.24, 2.45) is 0 Å². The number of hydrogen-bond acceptors (Lipinski definition) is 3. The summed E-state index contributed by atoms with van der Waals surface area (Å²) in [5.41, 5.74) is 1.56. The first kappa shape index (κ1) is 11.7. The zero-order valence-corrected chi connectivity index (χ0v) is 10.4. The average Bonchev–Trinajstić information content (AvgIpc) is 2.81. The predicted octanol–water partition coefficient (Wildman–Crippen LogP) is 0.626. The Labute approximate surface area is 109 Å². The number of carbonyl (C=O) groups excluding carboxylic acids is 3. The topological polar surface area (TPSA) is 87.3 Å². The predicted molar refractivity (Wildman–Crippen MR) is 67.4 cm³/mol. The highest BCUT2D eigenvalue weighted by atomic mass is 16.2. The van der Waals surface area contributed by atoms with Crippen LogP contribution in [-0.2, 0) is 21.5 Å². The van der Waals surface area contributed by atoms with Crippen LogP contribution in [0, 0.1) is 0 Å². The number of urea groups is 1. The summed E-state index contributed by atoms with van der Waals surface area (Å²) in [5, 5.41) is 7.69. The van der Waals surface area contributed by atoms with E-state index in [4.69, 9.17) is 0 Å². The molecule has 6 heteroatoms.